The van der Waals surface area contributed by atoms with E-state index in [-0.39, 0.29) is 11.3 Å². The number of amides is 1. The monoisotopic (exact) mass is 451 g/mol. The van der Waals surface area contributed by atoms with Gasteiger partial charge in [-0.1, -0.05) is 43.9 Å². The first-order chi connectivity index (χ1) is 16.0. The molecule has 0 radical (unpaired) electrons. The normalized spacial score (nSPS) is 17.1. The Balaban J connectivity index is 1.60. The standard InChI is InChI=1S/C27H37N3O3/c1-20-8-4-7-11-23(20)28-12-14-29(15-13-28)27(32)26-24(19-22-9-5-6-10-22)30(16-17-33-3)21(2)18-25(26)31/h4,7-8,11,18,22H,5-6,9-10,12-17,19H2,1-3H3. The molecule has 1 saturated carbocycles. The predicted octanol–water partition coefficient (Wildman–Crippen LogP) is 3.81. The van der Waals surface area contributed by atoms with Gasteiger partial charge in [-0.05, 0) is 37.8 Å². The van der Waals surface area contributed by atoms with Gasteiger partial charge in [-0.15, -0.1) is 0 Å². The van der Waals surface area contributed by atoms with Gasteiger partial charge in [-0.2, -0.15) is 0 Å². The Morgan fingerprint density at radius 3 is 2.42 bits per heavy atom. The summed E-state index contributed by atoms with van der Waals surface area (Å²) in [7, 11) is 1.69. The SMILES string of the molecule is COCCn1c(C)cc(=O)c(C(=O)N2CCN(c3ccccc3C)CC2)c1CC1CCCC1. The molecule has 1 aromatic heterocycles. The molecule has 1 aliphatic heterocycles. The van der Waals surface area contributed by atoms with E-state index in [9.17, 15) is 9.59 Å². The van der Waals surface area contributed by atoms with Crippen molar-refractivity contribution in [3.05, 3.63) is 63.1 Å². The van der Waals surface area contributed by atoms with Crippen molar-refractivity contribution in [3.8, 4) is 0 Å². The molecule has 2 aromatic rings. The van der Waals surface area contributed by atoms with Crippen LogP contribution in [0.5, 0.6) is 0 Å². The van der Waals surface area contributed by atoms with Crippen molar-refractivity contribution in [2.75, 3.05) is 44.8 Å². The van der Waals surface area contributed by atoms with E-state index in [1.165, 1.54) is 36.9 Å². The van der Waals surface area contributed by atoms with Crippen molar-refractivity contribution in [1.82, 2.24) is 9.47 Å². The van der Waals surface area contributed by atoms with Crippen molar-refractivity contribution >= 4 is 11.6 Å². The highest BCUT2D eigenvalue weighted by Crippen LogP contribution is 2.29. The number of aromatic nitrogens is 1. The van der Waals surface area contributed by atoms with Crippen LogP contribution in [0.25, 0.3) is 0 Å². The summed E-state index contributed by atoms with van der Waals surface area (Å²) in [5, 5.41) is 0. The smallest absolute Gasteiger partial charge is 0.259 e. The summed E-state index contributed by atoms with van der Waals surface area (Å²) in [6.07, 6.45) is 5.63. The zero-order chi connectivity index (χ0) is 23.4. The molecule has 1 aromatic carbocycles. The summed E-state index contributed by atoms with van der Waals surface area (Å²) in [6.45, 7) is 8.11. The Labute approximate surface area is 197 Å². The molecule has 178 valence electrons. The number of para-hydroxylation sites is 1. The minimum absolute atomic E-state index is 0.108. The van der Waals surface area contributed by atoms with Gasteiger partial charge in [0.15, 0.2) is 5.43 Å². The van der Waals surface area contributed by atoms with Crippen LogP contribution in [0, 0.1) is 19.8 Å². The third-order valence-corrected chi connectivity index (χ3v) is 7.34. The molecule has 0 N–H and O–H groups in total. The second kappa shape index (κ2) is 10.6. The largest absolute Gasteiger partial charge is 0.383 e. The van der Waals surface area contributed by atoms with E-state index in [4.69, 9.17) is 4.74 Å². The number of aryl methyl sites for hydroxylation is 2. The first-order valence-electron chi connectivity index (χ1n) is 12.3. The molecule has 0 spiro atoms. The molecule has 6 heteroatoms. The number of carbonyl (C=O) groups excluding carboxylic acids is 1. The zero-order valence-electron chi connectivity index (χ0n) is 20.3. The molecule has 1 saturated heterocycles. The van der Waals surface area contributed by atoms with Crippen LogP contribution in [0.3, 0.4) is 0 Å². The van der Waals surface area contributed by atoms with Crippen LogP contribution in [0.4, 0.5) is 5.69 Å². The van der Waals surface area contributed by atoms with Gasteiger partial charge in [0.1, 0.15) is 5.56 Å². The molecule has 2 heterocycles. The number of pyridine rings is 1. The highest BCUT2D eigenvalue weighted by atomic mass is 16.5. The van der Waals surface area contributed by atoms with Gasteiger partial charge in [-0.3, -0.25) is 9.59 Å². The molecular formula is C27H37N3O3. The van der Waals surface area contributed by atoms with Gasteiger partial charge < -0.3 is 19.1 Å². The number of carbonyl (C=O) groups is 1. The minimum Gasteiger partial charge on any atom is -0.383 e. The maximum atomic E-state index is 13.7. The van der Waals surface area contributed by atoms with Gasteiger partial charge in [0.05, 0.1) is 6.61 Å². The Kier molecular flexibility index (Phi) is 7.53. The first kappa shape index (κ1) is 23.6. The van der Waals surface area contributed by atoms with E-state index in [1.54, 1.807) is 13.2 Å². The van der Waals surface area contributed by atoms with Crippen LogP contribution in [-0.2, 0) is 17.7 Å². The molecule has 0 bridgehead atoms. The lowest BCUT2D eigenvalue weighted by Crippen LogP contribution is -2.50. The molecule has 0 unspecified atom stereocenters. The van der Waals surface area contributed by atoms with Crippen molar-refractivity contribution < 1.29 is 9.53 Å². The van der Waals surface area contributed by atoms with Crippen molar-refractivity contribution in [2.45, 2.75) is 52.5 Å². The second-order valence-corrected chi connectivity index (χ2v) is 9.54. The fourth-order valence-electron chi connectivity index (χ4n) is 5.48. The molecule has 4 rings (SSSR count). The van der Waals surface area contributed by atoms with Crippen LogP contribution in [0.15, 0.2) is 35.1 Å². The quantitative estimate of drug-likeness (QED) is 0.643. The highest BCUT2D eigenvalue weighted by Gasteiger charge is 2.29. The van der Waals surface area contributed by atoms with Crippen molar-refractivity contribution in [1.29, 1.82) is 0 Å². The van der Waals surface area contributed by atoms with E-state index in [2.05, 4.69) is 40.7 Å². The Morgan fingerprint density at radius 2 is 1.76 bits per heavy atom. The molecule has 2 aliphatic rings. The van der Waals surface area contributed by atoms with Crippen molar-refractivity contribution in [3.63, 3.8) is 0 Å². The Hall–Kier alpha value is -2.60. The van der Waals surface area contributed by atoms with E-state index >= 15 is 0 Å². The lowest BCUT2D eigenvalue weighted by Gasteiger charge is -2.37. The van der Waals surface area contributed by atoms with Crippen LogP contribution in [-0.4, -0.2) is 55.3 Å². The Morgan fingerprint density at radius 1 is 1.06 bits per heavy atom. The van der Waals surface area contributed by atoms with Crippen LogP contribution >= 0.6 is 0 Å². The number of methoxy groups -OCH3 is 1. The maximum absolute atomic E-state index is 13.7. The molecule has 2 fully saturated rings. The molecule has 0 atom stereocenters. The predicted molar refractivity (Wildman–Crippen MR) is 132 cm³/mol. The highest BCUT2D eigenvalue weighted by molar-refractivity contribution is 5.95. The molecule has 1 amide bonds. The number of nitrogens with zero attached hydrogens (tertiary/aromatic N) is 3. The lowest BCUT2D eigenvalue weighted by molar-refractivity contribution is 0.0742. The Bertz CT molecular complexity index is 1030. The fourth-order valence-corrected chi connectivity index (χ4v) is 5.48. The number of anilines is 1. The summed E-state index contributed by atoms with van der Waals surface area (Å²) in [4.78, 5) is 31.1. The van der Waals surface area contributed by atoms with Crippen molar-refractivity contribution in [2.24, 2.45) is 5.92 Å². The lowest BCUT2D eigenvalue weighted by atomic mass is 9.96. The summed E-state index contributed by atoms with van der Waals surface area (Å²) in [6, 6.07) is 10.0. The zero-order valence-corrected chi connectivity index (χ0v) is 20.3. The van der Waals surface area contributed by atoms with Gasteiger partial charge in [0, 0.05) is 63.0 Å². The first-order valence-corrected chi connectivity index (χ1v) is 12.3. The number of rotatable bonds is 7. The fraction of sp³-hybridized carbons (Fsp3) is 0.556. The maximum Gasteiger partial charge on any atom is 0.259 e. The minimum atomic E-state index is -0.138. The summed E-state index contributed by atoms with van der Waals surface area (Å²) >= 11 is 0. The third-order valence-electron chi connectivity index (χ3n) is 7.34. The topological polar surface area (TPSA) is 54.8 Å². The molecule has 1 aliphatic carbocycles. The van der Waals surface area contributed by atoms with Crippen LogP contribution < -0.4 is 10.3 Å². The number of benzene rings is 1. The number of hydrogen-bond donors (Lipinski definition) is 0. The van der Waals surface area contributed by atoms with Crippen LogP contribution in [0.2, 0.25) is 0 Å². The van der Waals surface area contributed by atoms with Gasteiger partial charge >= 0.3 is 0 Å². The van der Waals surface area contributed by atoms with E-state index in [0.29, 0.717) is 37.7 Å². The summed E-state index contributed by atoms with van der Waals surface area (Å²) in [5.74, 6) is 0.438. The molecule has 6 nitrogen and oxygen atoms in total. The van der Waals surface area contributed by atoms with E-state index in [1.807, 2.05) is 11.8 Å². The van der Waals surface area contributed by atoms with Gasteiger partial charge in [0.25, 0.3) is 5.91 Å². The number of piperazine rings is 1. The average molecular weight is 452 g/mol. The third kappa shape index (κ3) is 5.16. The summed E-state index contributed by atoms with van der Waals surface area (Å²) < 4.78 is 7.49. The van der Waals surface area contributed by atoms with E-state index in [0.717, 1.165) is 30.9 Å². The van der Waals surface area contributed by atoms with Gasteiger partial charge in [0.2, 0.25) is 0 Å². The summed E-state index contributed by atoms with van der Waals surface area (Å²) in [5.41, 5.74) is 4.54. The molecular weight excluding hydrogens is 414 g/mol. The number of ether oxygens (including phenoxy) is 1. The molecule has 33 heavy (non-hydrogen) atoms. The second-order valence-electron chi connectivity index (χ2n) is 9.54. The number of hydrogen-bond acceptors (Lipinski definition) is 4. The van der Waals surface area contributed by atoms with Gasteiger partial charge in [-0.25, -0.2) is 0 Å². The van der Waals surface area contributed by atoms with E-state index < -0.39 is 0 Å². The van der Waals surface area contributed by atoms with Crippen LogP contribution in [0.1, 0.15) is 53.0 Å². The average Bonchev–Trinajstić information content (AvgIpc) is 3.32.